The molecule has 30 heavy (non-hydrogen) atoms. The number of amides is 3. The summed E-state index contributed by atoms with van der Waals surface area (Å²) in [5, 5.41) is 2.53. The Morgan fingerprint density at radius 1 is 1.13 bits per heavy atom. The molecule has 1 aliphatic rings. The molecule has 0 aliphatic carbocycles. The van der Waals surface area contributed by atoms with E-state index in [0.717, 1.165) is 27.5 Å². The van der Waals surface area contributed by atoms with Crippen molar-refractivity contribution in [3.63, 3.8) is 0 Å². The number of nitrogens with zero attached hydrogens (tertiary/aromatic N) is 2. The molecule has 0 radical (unpaired) electrons. The van der Waals surface area contributed by atoms with E-state index in [1.807, 2.05) is 19.9 Å². The zero-order chi connectivity index (χ0) is 22.2. The summed E-state index contributed by atoms with van der Waals surface area (Å²) in [6.07, 6.45) is 1.64. The quantitative estimate of drug-likeness (QED) is 0.476. The molecule has 3 rings (SSSR count). The molecule has 1 saturated heterocycles. The molecule has 7 heteroatoms. The van der Waals surface area contributed by atoms with Crippen LogP contribution >= 0.6 is 0 Å². The van der Waals surface area contributed by atoms with Crippen molar-refractivity contribution in [2.24, 2.45) is 0 Å². The van der Waals surface area contributed by atoms with Crippen LogP contribution < -0.4 is 5.32 Å². The van der Waals surface area contributed by atoms with Crippen LogP contribution in [0.4, 0.5) is 4.79 Å². The Morgan fingerprint density at radius 3 is 2.33 bits per heavy atom. The standard InChI is InChI=1S/C23H27N3O4/c1-14-11-16(12-19-21(28)25(22(29)24-19)13-20(27)30-6)15(2)26(14)18-9-7-17(8-10-18)23(3,4)5/h7-12H,13H2,1-6H3,(H,24,29)/b19-12+. The lowest BCUT2D eigenvalue weighted by molar-refractivity contribution is -0.143. The zero-order valence-electron chi connectivity index (χ0n) is 18.2. The van der Waals surface area contributed by atoms with Gasteiger partial charge in [0.1, 0.15) is 12.2 Å². The van der Waals surface area contributed by atoms with Crippen molar-refractivity contribution >= 4 is 24.0 Å². The van der Waals surface area contributed by atoms with Crippen LogP contribution in [0.1, 0.15) is 43.3 Å². The molecule has 2 aromatic rings. The minimum atomic E-state index is -0.656. The van der Waals surface area contributed by atoms with E-state index in [0.29, 0.717) is 0 Å². The molecule has 3 amide bonds. The van der Waals surface area contributed by atoms with E-state index < -0.39 is 24.5 Å². The highest BCUT2D eigenvalue weighted by atomic mass is 16.5. The lowest BCUT2D eigenvalue weighted by atomic mass is 9.87. The van der Waals surface area contributed by atoms with Gasteiger partial charge in [-0.15, -0.1) is 0 Å². The Labute approximate surface area is 176 Å². The number of aromatic nitrogens is 1. The average molecular weight is 409 g/mol. The largest absolute Gasteiger partial charge is 0.468 e. The number of carbonyl (C=O) groups excluding carboxylic acids is 3. The molecular formula is C23H27N3O4. The van der Waals surface area contributed by atoms with Crippen LogP contribution in [0, 0.1) is 13.8 Å². The molecule has 1 fully saturated rings. The predicted molar refractivity (Wildman–Crippen MR) is 114 cm³/mol. The second-order valence-corrected chi connectivity index (χ2v) is 8.41. The van der Waals surface area contributed by atoms with E-state index in [-0.39, 0.29) is 11.1 Å². The van der Waals surface area contributed by atoms with Crippen molar-refractivity contribution in [1.82, 2.24) is 14.8 Å². The number of esters is 1. The van der Waals surface area contributed by atoms with E-state index in [1.165, 1.54) is 12.7 Å². The number of hydrogen-bond acceptors (Lipinski definition) is 4. The second-order valence-electron chi connectivity index (χ2n) is 8.41. The van der Waals surface area contributed by atoms with Crippen LogP contribution in [0.2, 0.25) is 0 Å². The minimum absolute atomic E-state index is 0.0754. The third-order valence-electron chi connectivity index (χ3n) is 5.24. The first-order valence-electron chi connectivity index (χ1n) is 9.74. The molecule has 0 unspecified atom stereocenters. The number of hydrogen-bond donors (Lipinski definition) is 1. The van der Waals surface area contributed by atoms with Crippen molar-refractivity contribution in [2.45, 2.75) is 40.0 Å². The number of imide groups is 1. The lowest BCUT2D eigenvalue weighted by Gasteiger charge is -2.20. The van der Waals surface area contributed by atoms with E-state index in [9.17, 15) is 14.4 Å². The fourth-order valence-corrected chi connectivity index (χ4v) is 3.51. The molecule has 1 aliphatic heterocycles. The van der Waals surface area contributed by atoms with Gasteiger partial charge >= 0.3 is 12.0 Å². The molecule has 1 aromatic heterocycles. The average Bonchev–Trinajstić information content (AvgIpc) is 3.10. The number of ether oxygens (including phenoxy) is 1. The Balaban J connectivity index is 1.92. The highest BCUT2D eigenvalue weighted by Crippen LogP contribution is 2.27. The summed E-state index contributed by atoms with van der Waals surface area (Å²) >= 11 is 0. The third-order valence-corrected chi connectivity index (χ3v) is 5.24. The number of urea groups is 1. The maximum Gasteiger partial charge on any atom is 0.329 e. The van der Waals surface area contributed by atoms with Gasteiger partial charge in [-0.25, -0.2) is 9.69 Å². The third kappa shape index (κ3) is 4.01. The minimum Gasteiger partial charge on any atom is -0.468 e. The first-order valence-corrected chi connectivity index (χ1v) is 9.74. The molecule has 0 spiro atoms. The smallest absolute Gasteiger partial charge is 0.329 e. The van der Waals surface area contributed by atoms with Crippen LogP contribution in [0.3, 0.4) is 0 Å². The van der Waals surface area contributed by atoms with Crippen molar-refractivity contribution in [1.29, 1.82) is 0 Å². The van der Waals surface area contributed by atoms with E-state index in [4.69, 9.17) is 0 Å². The number of rotatable bonds is 4. The summed E-state index contributed by atoms with van der Waals surface area (Å²) in [5.41, 5.74) is 5.25. The van der Waals surface area contributed by atoms with Gasteiger partial charge in [0, 0.05) is 17.1 Å². The Morgan fingerprint density at radius 2 is 1.77 bits per heavy atom. The summed E-state index contributed by atoms with van der Waals surface area (Å²) in [6, 6.07) is 9.73. The van der Waals surface area contributed by atoms with Gasteiger partial charge < -0.3 is 14.6 Å². The summed E-state index contributed by atoms with van der Waals surface area (Å²) < 4.78 is 6.65. The molecular weight excluding hydrogens is 382 g/mol. The number of aryl methyl sites for hydroxylation is 1. The topological polar surface area (TPSA) is 80.6 Å². The highest BCUT2D eigenvalue weighted by molar-refractivity contribution is 6.15. The van der Waals surface area contributed by atoms with Gasteiger partial charge in [-0.1, -0.05) is 32.9 Å². The van der Waals surface area contributed by atoms with Gasteiger partial charge in [0.15, 0.2) is 0 Å². The van der Waals surface area contributed by atoms with E-state index >= 15 is 0 Å². The fraction of sp³-hybridized carbons (Fsp3) is 0.348. The van der Waals surface area contributed by atoms with Crippen molar-refractivity contribution in [3.05, 3.63) is 58.5 Å². The van der Waals surface area contributed by atoms with Gasteiger partial charge in [0.25, 0.3) is 5.91 Å². The monoisotopic (exact) mass is 409 g/mol. The van der Waals surface area contributed by atoms with Crippen molar-refractivity contribution < 1.29 is 19.1 Å². The van der Waals surface area contributed by atoms with E-state index in [2.05, 4.69) is 59.7 Å². The van der Waals surface area contributed by atoms with Crippen molar-refractivity contribution in [3.8, 4) is 5.69 Å². The molecule has 2 heterocycles. The lowest BCUT2D eigenvalue weighted by Crippen LogP contribution is -2.36. The highest BCUT2D eigenvalue weighted by Gasteiger charge is 2.35. The molecule has 0 saturated carbocycles. The molecule has 7 nitrogen and oxygen atoms in total. The number of benzene rings is 1. The summed E-state index contributed by atoms with van der Waals surface area (Å²) in [7, 11) is 1.21. The van der Waals surface area contributed by atoms with Crippen LogP contribution in [0.25, 0.3) is 11.8 Å². The van der Waals surface area contributed by atoms with Crippen LogP contribution in [-0.4, -0.2) is 41.0 Å². The number of methoxy groups -OCH3 is 1. The fourth-order valence-electron chi connectivity index (χ4n) is 3.51. The maximum atomic E-state index is 12.5. The molecule has 0 atom stereocenters. The van der Waals surface area contributed by atoms with Gasteiger partial charge in [0.2, 0.25) is 0 Å². The summed E-state index contributed by atoms with van der Waals surface area (Å²) in [5.74, 6) is -1.21. The van der Waals surface area contributed by atoms with Crippen LogP contribution in [0.15, 0.2) is 36.0 Å². The second kappa shape index (κ2) is 7.82. The first-order chi connectivity index (χ1) is 14.0. The Hall–Kier alpha value is -3.35. The van der Waals surface area contributed by atoms with Gasteiger partial charge in [-0.3, -0.25) is 9.59 Å². The Bertz CT molecular complexity index is 1040. The maximum absolute atomic E-state index is 12.5. The molecule has 1 N–H and O–H groups in total. The molecule has 1 aromatic carbocycles. The van der Waals surface area contributed by atoms with Gasteiger partial charge in [0.05, 0.1) is 7.11 Å². The number of carbonyl (C=O) groups is 3. The summed E-state index contributed by atoms with van der Waals surface area (Å²) in [6.45, 7) is 10.1. The predicted octanol–water partition coefficient (Wildman–Crippen LogP) is 3.46. The van der Waals surface area contributed by atoms with Gasteiger partial charge in [-0.2, -0.15) is 0 Å². The molecule has 0 bridgehead atoms. The SMILES string of the molecule is COC(=O)CN1C(=O)N/C(=C/c2cc(C)n(-c3ccc(C(C)(C)C)cc3)c2C)C1=O. The summed E-state index contributed by atoms with van der Waals surface area (Å²) in [4.78, 5) is 36.9. The first kappa shape index (κ1) is 21.4. The van der Waals surface area contributed by atoms with Crippen molar-refractivity contribution in [2.75, 3.05) is 13.7 Å². The van der Waals surface area contributed by atoms with E-state index in [1.54, 1.807) is 6.08 Å². The number of nitrogens with one attached hydrogen (secondary N) is 1. The van der Waals surface area contributed by atoms with Gasteiger partial charge in [-0.05, 0) is 54.7 Å². The van der Waals surface area contributed by atoms with Crippen LogP contribution in [-0.2, 0) is 19.7 Å². The zero-order valence-corrected chi connectivity index (χ0v) is 18.2. The molecule has 158 valence electrons. The van der Waals surface area contributed by atoms with Crippen LogP contribution in [0.5, 0.6) is 0 Å². The Kier molecular flexibility index (Phi) is 5.57. The normalized spacial score (nSPS) is 15.7.